The quantitative estimate of drug-likeness (QED) is 0.621. The maximum atomic E-state index is 10.9. The number of carbonyl (C=O) groups excluding carboxylic acids is 1. The van der Waals surface area contributed by atoms with Crippen LogP contribution in [0, 0.1) is 6.92 Å². The Morgan fingerprint density at radius 1 is 1.39 bits per heavy atom. The summed E-state index contributed by atoms with van der Waals surface area (Å²) in [4.78, 5) is 10.9. The molecule has 0 saturated carbocycles. The average Bonchev–Trinajstić information content (AvgIpc) is 2.37. The number of esters is 1. The first-order valence-electron chi connectivity index (χ1n) is 6.16. The molecule has 0 amide bonds. The lowest BCUT2D eigenvalue weighted by molar-refractivity contribution is -0.140. The van der Waals surface area contributed by atoms with E-state index in [1.165, 1.54) is 18.2 Å². The Morgan fingerprint density at radius 2 is 2.17 bits per heavy atom. The first-order chi connectivity index (χ1) is 8.63. The van der Waals surface area contributed by atoms with Crippen molar-refractivity contribution in [1.82, 2.24) is 5.32 Å². The predicted octanol–water partition coefficient (Wildman–Crippen LogP) is 2.84. The van der Waals surface area contributed by atoms with Gasteiger partial charge in [0.15, 0.2) is 0 Å². The zero-order valence-electron chi connectivity index (χ0n) is 11.0. The van der Waals surface area contributed by atoms with Crippen LogP contribution in [0.2, 0.25) is 0 Å². The van der Waals surface area contributed by atoms with E-state index in [9.17, 15) is 4.79 Å². The summed E-state index contributed by atoms with van der Waals surface area (Å²) >= 11 is 3.48. The van der Waals surface area contributed by atoms with Crippen molar-refractivity contribution in [2.24, 2.45) is 0 Å². The molecule has 1 aromatic rings. The molecule has 4 heteroatoms. The topological polar surface area (TPSA) is 38.3 Å². The zero-order valence-corrected chi connectivity index (χ0v) is 12.5. The molecule has 0 heterocycles. The van der Waals surface area contributed by atoms with E-state index < -0.39 is 0 Å². The molecule has 100 valence electrons. The number of ether oxygens (including phenoxy) is 1. The molecule has 0 aliphatic carbocycles. The van der Waals surface area contributed by atoms with Crippen LogP contribution in [-0.2, 0) is 16.0 Å². The van der Waals surface area contributed by atoms with Gasteiger partial charge in [0.05, 0.1) is 7.11 Å². The van der Waals surface area contributed by atoms with Gasteiger partial charge in [0, 0.05) is 10.9 Å². The first kappa shape index (κ1) is 15.2. The third-order valence-electron chi connectivity index (χ3n) is 2.84. The molecule has 0 aliphatic rings. The highest BCUT2D eigenvalue weighted by Crippen LogP contribution is 2.16. The largest absolute Gasteiger partial charge is 0.469 e. The predicted molar refractivity (Wildman–Crippen MR) is 76.7 cm³/mol. The van der Waals surface area contributed by atoms with E-state index in [2.05, 4.69) is 51.1 Å². The second kappa shape index (κ2) is 8.27. The minimum Gasteiger partial charge on any atom is -0.469 e. The number of halogens is 1. The summed E-state index contributed by atoms with van der Waals surface area (Å²) in [5, 5.41) is 3.34. The van der Waals surface area contributed by atoms with Crippen molar-refractivity contribution in [3.63, 3.8) is 0 Å². The van der Waals surface area contributed by atoms with Crippen molar-refractivity contribution >= 4 is 21.9 Å². The smallest absolute Gasteiger partial charge is 0.305 e. The molecule has 0 fully saturated rings. The fourth-order valence-electron chi connectivity index (χ4n) is 1.72. The van der Waals surface area contributed by atoms with Gasteiger partial charge in [-0.05, 0) is 56.1 Å². The standard InChI is InChI=1S/C14H20BrNO2/c1-11-5-6-13(15)10-12(11)7-9-16-8-3-4-14(17)18-2/h5-6,10,16H,3-4,7-9H2,1-2H3. The van der Waals surface area contributed by atoms with Crippen molar-refractivity contribution in [3.05, 3.63) is 33.8 Å². The molecule has 1 aromatic carbocycles. The van der Waals surface area contributed by atoms with E-state index in [0.29, 0.717) is 6.42 Å². The van der Waals surface area contributed by atoms with E-state index in [1.54, 1.807) is 0 Å². The molecule has 0 unspecified atom stereocenters. The third kappa shape index (κ3) is 5.65. The van der Waals surface area contributed by atoms with E-state index in [0.717, 1.165) is 30.4 Å². The van der Waals surface area contributed by atoms with Crippen LogP contribution in [0.4, 0.5) is 0 Å². The minimum absolute atomic E-state index is 0.139. The average molecular weight is 314 g/mol. The van der Waals surface area contributed by atoms with Crippen LogP contribution in [0.5, 0.6) is 0 Å². The van der Waals surface area contributed by atoms with E-state index in [1.807, 2.05) is 0 Å². The number of benzene rings is 1. The van der Waals surface area contributed by atoms with Crippen LogP contribution in [0.1, 0.15) is 24.0 Å². The zero-order chi connectivity index (χ0) is 13.4. The molecule has 1 N–H and O–H groups in total. The maximum Gasteiger partial charge on any atom is 0.305 e. The Balaban J connectivity index is 2.18. The van der Waals surface area contributed by atoms with Crippen molar-refractivity contribution < 1.29 is 9.53 Å². The lowest BCUT2D eigenvalue weighted by Gasteiger charge is -2.07. The molecule has 0 aliphatic heterocycles. The molecular weight excluding hydrogens is 294 g/mol. The molecule has 3 nitrogen and oxygen atoms in total. The van der Waals surface area contributed by atoms with Gasteiger partial charge in [-0.25, -0.2) is 0 Å². The Bertz CT molecular complexity index is 393. The van der Waals surface area contributed by atoms with E-state index >= 15 is 0 Å². The summed E-state index contributed by atoms with van der Waals surface area (Å²) in [7, 11) is 1.42. The van der Waals surface area contributed by atoms with Crippen molar-refractivity contribution in [2.45, 2.75) is 26.2 Å². The first-order valence-corrected chi connectivity index (χ1v) is 6.95. The molecule has 0 atom stereocenters. The molecule has 0 radical (unpaired) electrons. The molecule has 0 bridgehead atoms. The number of methoxy groups -OCH3 is 1. The highest BCUT2D eigenvalue weighted by molar-refractivity contribution is 9.10. The highest BCUT2D eigenvalue weighted by atomic mass is 79.9. The SMILES string of the molecule is COC(=O)CCCNCCc1cc(Br)ccc1C. The monoisotopic (exact) mass is 313 g/mol. The maximum absolute atomic E-state index is 10.9. The normalized spacial score (nSPS) is 10.4. The van der Waals surface area contributed by atoms with Gasteiger partial charge in [-0.1, -0.05) is 22.0 Å². The molecule has 18 heavy (non-hydrogen) atoms. The Labute approximate surface area is 117 Å². The summed E-state index contributed by atoms with van der Waals surface area (Å²) in [5.41, 5.74) is 2.67. The Morgan fingerprint density at radius 3 is 2.89 bits per heavy atom. The molecular formula is C14H20BrNO2. The lowest BCUT2D eigenvalue weighted by Crippen LogP contribution is -2.19. The minimum atomic E-state index is -0.139. The summed E-state index contributed by atoms with van der Waals surface area (Å²) < 4.78 is 5.70. The van der Waals surface area contributed by atoms with Crippen LogP contribution in [0.15, 0.2) is 22.7 Å². The van der Waals surface area contributed by atoms with E-state index in [-0.39, 0.29) is 5.97 Å². The number of hydrogen-bond acceptors (Lipinski definition) is 3. The summed E-state index contributed by atoms with van der Waals surface area (Å²) in [5.74, 6) is -0.139. The van der Waals surface area contributed by atoms with Gasteiger partial charge in [-0.15, -0.1) is 0 Å². The van der Waals surface area contributed by atoms with Crippen LogP contribution in [0.3, 0.4) is 0 Å². The van der Waals surface area contributed by atoms with Gasteiger partial charge in [0.1, 0.15) is 0 Å². The number of hydrogen-bond donors (Lipinski definition) is 1. The van der Waals surface area contributed by atoms with Crippen LogP contribution < -0.4 is 5.32 Å². The highest BCUT2D eigenvalue weighted by Gasteiger charge is 2.01. The third-order valence-corrected chi connectivity index (χ3v) is 3.34. The van der Waals surface area contributed by atoms with Gasteiger partial charge < -0.3 is 10.1 Å². The second-order valence-electron chi connectivity index (χ2n) is 4.25. The van der Waals surface area contributed by atoms with Gasteiger partial charge >= 0.3 is 5.97 Å². The van der Waals surface area contributed by atoms with Gasteiger partial charge in [0.25, 0.3) is 0 Å². The summed E-state index contributed by atoms with van der Waals surface area (Å²) in [6.45, 7) is 3.90. The fraction of sp³-hybridized carbons (Fsp3) is 0.500. The van der Waals surface area contributed by atoms with Crippen LogP contribution >= 0.6 is 15.9 Å². The van der Waals surface area contributed by atoms with Crippen LogP contribution in [0.25, 0.3) is 0 Å². The molecule has 1 rings (SSSR count). The number of carbonyl (C=O) groups is 1. The van der Waals surface area contributed by atoms with Crippen molar-refractivity contribution in [3.8, 4) is 0 Å². The molecule has 0 spiro atoms. The van der Waals surface area contributed by atoms with Crippen molar-refractivity contribution in [1.29, 1.82) is 0 Å². The Kier molecular flexibility index (Phi) is 6.98. The summed E-state index contributed by atoms with van der Waals surface area (Å²) in [6, 6.07) is 6.34. The second-order valence-corrected chi connectivity index (χ2v) is 5.17. The summed E-state index contributed by atoms with van der Waals surface area (Å²) in [6.07, 6.45) is 2.31. The Hall–Kier alpha value is -0.870. The van der Waals surface area contributed by atoms with Gasteiger partial charge in [-0.3, -0.25) is 4.79 Å². The van der Waals surface area contributed by atoms with Gasteiger partial charge in [0.2, 0.25) is 0 Å². The number of aryl methyl sites for hydroxylation is 1. The fourth-order valence-corrected chi connectivity index (χ4v) is 2.13. The van der Waals surface area contributed by atoms with Gasteiger partial charge in [-0.2, -0.15) is 0 Å². The van der Waals surface area contributed by atoms with E-state index in [4.69, 9.17) is 0 Å². The van der Waals surface area contributed by atoms with Crippen LogP contribution in [-0.4, -0.2) is 26.2 Å². The molecule has 0 aromatic heterocycles. The van der Waals surface area contributed by atoms with Crippen molar-refractivity contribution in [2.75, 3.05) is 20.2 Å². The number of rotatable bonds is 7. The lowest BCUT2D eigenvalue weighted by atomic mass is 10.1. The number of nitrogens with one attached hydrogen (secondary N) is 1. The molecule has 0 saturated heterocycles.